The molecule has 1 aromatic heterocycles. The maximum Gasteiger partial charge on any atom is 0.500 e. The second-order valence-corrected chi connectivity index (χ2v) is 7.80. The summed E-state index contributed by atoms with van der Waals surface area (Å²) in [6, 6.07) is 3.31. The van der Waals surface area contributed by atoms with Gasteiger partial charge < -0.3 is 28.4 Å². The molecular formula is C16H26N2O7Si. The van der Waals surface area contributed by atoms with Gasteiger partial charge in [0.05, 0.1) is 0 Å². The molecule has 0 radical (unpaired) electrons. The van der Waals surface area contributed by atoms with Crippen molar-refractivity contribution in [3.8, 4) is 5.88 Å². The van der Waals surface area contributed by atoms with Crippen molar-refractivity contribution in [1.29, 1.82) is 0 Å². The average Bonchev–Trinajstić information content (AvgIpc) is 2.60. The number of carboxylic acids is 1. The molecule has 0 aliphatic rings. The van der Waals surface area contributed by atoms with Gasteiger partial charge in [-0.25, -0.2) is 14.6 Å². The molecule has 0 atom stereocenters. The minimum atomic E-state index is -2.75. The fourth-order valence-corrected chi connectivity index (χ4v) is 4.87. The van der Waals surface area contributed by atoms with E-state index in [1.807, 2.05) is 20.8 Å². The molecule has 0 unspecified atom stereocenters. The lowest BCUT2D eigenvalue weighted by Crippen LogP contribution is -2.46. The van der Waals surface area contributed by atoms with Gasteiger partial charge in [-0.2, -0.15) is 0 Å². The molecular weight excluding hydrogens is 360 g/mol. The Bertz CT molecular complexity index is 568. The third-order valence-corrected chi connectivity index (χ3v) is 6.36. The fourth-order valence-electron chi connectivity index (χ4n) is 2.26. The number of carbonyl (C=O) groups excluding carboxylic acids is 1. The number of nitrogens with one attached hydrogen (secondary N) is 1. The summed E-state index contributed by atoms with van der Waals surface area (Å²) < 4.78 is 22.1. The number of pyridine rings is 1. The SMILES string of the molecule is CCO[Si](CCCNC(=O)Oc1ncccc1C(=O)O)(OCC)OCC. The van der Waals surface area contributed by atoms with Gasteiger partial charge in [0.1, 0.15) is 5.56 Å². The van der Waals surface area contributed by atoms with Crippen LogP contribution in [0.15, 0.2) is 18.3 Å². The van der Waals surface area contributed by atoms with Crippen molar-refractivity contribution in [2.45, 2.75) is 33.2 Å². The maximum atomic E-state index is 11.8. The van der Waals surface area contributed by atoms with Crippen LogP contribution in [0.3, 0.4) is 0 Å². The zero-order valence-electron chi connectivity index (χ0n) is 15.3. The van der Waals surface area contributed by atoms with E-state index in [4.69, 9.17) is 23.1 Å². The molecule has 1 heterocycles. The largest absolute Gasteiger partial charge is 0.500 e. The van der Waals surface area contributed by atoms with Crippen LogP contribution >= 0.6 is 0 Å². The van der Waals surface area contributed by atoms with Crippen molar-refractivity contribution in [3.05, 3.63) is 23.9 Å². The average molecular weight is 386 g/mol. The summed E-state index contributed by atoms with van der Waals surface area (Å²) in [6.45, 7) is 7.39. The van der Waals surface area contributed by atoms with Gasteiger partial charge in [-0.1, -0.05) is 0 Å². The lowest BCUT2D eigenvalue weighted by molar-refractivity contribution is 0.0687. The highest BCUT2D eigenvalue weighted by molar-refractivity contribution is 6.60. The van der Waals surface area contributed by atoms with E-state index in [2.05, 4.69) is 10.3 Å². The first-order chi connectivity index (χ1) is 12.5. The lowest BCUT2D eigenvalue weighted by Gasteiger charge is -2.28. The quantitative estimate of drug-likeness (QED) is 0.415. The topological polar surface area (TPSA) is 116 Å². The van der Waals surface area contributed by atoms with Crippen molar-refractivity contribution in [1.82, 2.24) is 10.3 Å². The van der Waals surface area contributed by atoms with Gasteiger partial charge in [0.2, 0.25) is 5.88 Å². The van der Waals surface area contributed by atoms with Crippen LogP contribution in [0.25, 0.3) is 0 Å². The first kappa shape index (κ1) is 22.0. The Morgan fingerprint density at radius 3 is 2.31 bits per heavy atom. The zero-order valence-corrected chi connectivity index (χ0v) is 16.3. The number of aromatic carboxylic acids is 1. The van der Waals surface area contributed by atoms with E-state index >= 15 is 0 Å². The molecule has 2 N–H and O–H groups in total. The van der Waals surface area contributed by atoms with Gasteiger partial charge in [0.25, 0.3) is 0 Å². The van der Waals surface area contributed by atoms with E-state index < -0.39 is 20.9 Å². The molecule has 10 heteroatoms. The summed E-state index contributed by atoms with van der Waals surface area (Å²) in [5.74, 6) is -1.47. The zero-order chi connectivity index (χ0) is 19.4. The van der Waals surface area contributed by atoms with Crippen molar-refractivity contribution >= 4 is 20.9 Å². The van der Waals surface area contributed by atoms with E-state index in [0.717, 1.165) is 0 Å². The molecule has 26 heavy (non-hydrogen) atoms. The number of hydrogen-bond donors (Lipinski definition) is 2. The van der Waals surface area contributed by atoms with Crippen LogP contribution in [0, 0.1) is 0 Å². The number of nitrogens with zero attached hydrogens (tertiary/aromatic N) is 1. The number of ether oxygens (including phenoxy) is 1. The maximum absolute atomic E-state index is 11.8. The van der Waals surface area contributed by atoms with Crippen molar-refractivity contribution in [3.63, 3.8) is 0 Å². The third kappa shape index (κ3) is 7.08. The smallest absolute Gasteiger partial charge is 0.477 e. The van der Waals surface area contributed by atoms with Crippen LogP contribution < -0.4 is 10.1 Å². The minimum absolute atomic E-state index is 0.182. The highest BCUT2D eigenvalue weighted by Gasteiger charge is 2.39. The summed E-state index contributed by atoms with van der Waals surface area (Å²) >= 11 is 0. The molecule has 1 rings (SSSR count). The molecule has 0 bridgehead atoms. The fraction of sp³-hybridized carbons (Fsp3) is 0.562. The predicted molar refractivity (Wildman–Crippen MR) is 95.3 cm³/mol. The van der Waals surface area contributed by atoms with E-state index in [-0.39, 0.29) is 11.4 Å². The molecule has 0 saturated carbocycles. The first-order valence-electron chi connectivity index (χ1n) is 8.53. The summed E-state index contributed by atoms with van der Waals surface area (Å²) in [4.78, 5) is 26.7. The Hall–Kier alpha value is -2.01. The number of carbonyl (C=O) groups is 2. The second-order valence-electron chi connectivity index (χ2n) is 5.06. The van der Waals surface area contributed by atoms with Crippen LogP contribution in [-0.2, 0) is 13.3 Å². The molecule has 0 aliphatic carbocycles. The highest BCUT2D eigenvalue weighted by Crippen LogP contribution is 2.18. The molecule has 0 spiro atoms. The van der Waals surface area contributed by atoms with Crippen molar-refractivity contribution in [2.75, 3.05) is 26.4 Å². The van der Waals surface area contributed by atoms with E-state index in [1.165, 1.54) is 18.3 Å². The van der Waals surface area contributed by atoms with Crippen molar-refractivity contribution in [2.24, 2.45) is 0 Å². The Kier molecular flexibility index (Phi) is 9.81. The van der Waals surface area contributed by atoms with E-state index in [9.17, 15) is 9.59 Å². The van der Waals surface area contributed by atoms with Crippen LogP contribution in [0.4, 0.5) is 4.79 Å². The number of amides is 1. The van der Waals surface area contributed by atoms with Gasteiger partial charge in [0.15, 0.2) is 0 Å². The third-order valence-electron chi connectivity index (χ3n) is 3.21. The number of carboxylic acid groups (broad SMARTS) is 1. The predicted octanol–water partition coefficient (Wildman–Crippen LogP) is 2.31. The Morgan fingerprint density at radius 2 is 1.77 bits per heavy atom. The monoisotopic (exact) mass is 386 g/mol. The van der Waals surface area contributed by atoms with Crippen LogP contribution in [0.2, 0.25) is 6.04 Å². The lowest BCUT2D eigenvalue weighted by atomic mass is 10.3. The van der Waals surface area contributed by atoms with Gasteiger partial charge in [-0.15, -0.1) is 0 Å². The second kappa shape index (κ2) is 11.6. The number of aromatic nitrogens is 1. The summed E-state index contributed by atoms with van der Waals surface area (Å²) in [6.07, 6.45) is 1.14. The van der Waals surface area contributed by atoms with Crippen LogP contribution in [0.1, 0.15) is 37.6 Å². The highest BCUT2D eigenvalue weighted by atomic mass is 28.4. The van der Waals surface area contributed by atoms with E-state index in [1.54, 1.807) is 0 Å². The van der Waals surface area contributed by atoms with Crippen molar-refractivity contribution < 1.29 is 32.7 Å². The first-order valence-corrected chi connectivity index (χ1v) is 10.5. The molecule has 146 valence electrons. The summed E-state index contributed by atoms with van der Waals surface area (Å²) in [5, 5.41) is 11.6. The standard InChI is InChI=1S/C16H26N2O7Si/c1-4-22-26(23-5-2,24-6-3)12-8-11-18-16(21)25-14-13(15(19)20)9-7-10-17-14/h7,9-10H,4-6,8,11-12H2,1-3H3,(H,18,21)(H,19,20). The van der Waals surface area contributed by atoms with Crippen LogP contribution in [0.5, 0.6) is 5.88 Å². The number of rotatable bonds is 12. The Labute approximate surface area is 154 Å². The molecule has 1 aromatic rings. The van der Waals surface area contributed by atoms with E-state index in [0.29, 0.717) is 38.8 Å². The Balaban J connectivity index is 2.51. The summed E-state index contributed by atoms with van der Waals surface area (Å²) in [7, 11) is -2.75. The van der Waals surface area contributed by atoms with Gasteiger partial charge in [0, 0.05) is 38.6 Å². The molecule has 0 aromatic carbocycles. The summed E-state index contributed by atoms with van der Waals surface area (Å²) in [5.41, 5.74) is -0.182. The normalized spacial score (nSPS) is 11.2. The molecule has 9 nitrogen and oxygen atoms in total. The van der Waals surface area contributed by atoms with Gasteiger partial charge in [-0.3, -0.25) is 0 Å². The minimum Gasteiger partial charge on any atom is -0.477 e. The molecule has 0 fully saturated rings. The molecule has 0 saturated heterocycles. The van der Waals surface area contributed by atoms with Crippen LogP contribution in [-0.4, -0.2) is 57.3 Å². The van der Waals surface area contributed by atoms with Gasteiger partial charge >= 0.3 is 20.9 Å². The number of hydrogen-bond acceptors (Lipinski definition) is 7. The molecule has 0 aliphatic heterocycles. The van der Waals surface area contributed by atoms with Gasteiger partial charge in [-0.05, 0) is 39.3 Å². The Morgan fingerprint density at radius 1 is 1.15 bits per heavy atom. The molecule has 1 amide bonds.